The summed E-state index contributed by atoms with van der Waals surface area (Å²) >= 11 is 0. The fourth-order valence-corrected chi connectivity index (χ4v) is 1.66. The second-order valence-electron chi connectivity index (χ2n) is 1.81. The molecule has 7 heavy (non-hydrogen) atoms. The van der Waals surface area contributed by atoms with Crippen LogP contribution in [-0.2, 0) is 0 Å². The predicted octanol–water partition coefficient (Wildman–Crippen LogP) is 0.160. The third-order valence-electron chi connectivity index (χ3n) is 1.03. The average Bonchev–Trinajstić information content (AvgIpc) is 1.69. The van der Waals surface area contributed by atoms with E-state index in [1.165, 1.54) is 18.6 Å². The van der Waals surface area contributed by atoms with E-state index < -0.39 is 0 Å². The summed E-state index contributed by atoms with van der Waals surface area (Å²) in [5.74, 6) is 0. The molecule has 0 aromatic heterocycles. The first-order valence-corrected chi connectivity index (χ1v) is 5.06. The molecule has 0 aliphatic carbocycles. The molecule has 0 heterocycles. The van der Waals surface area contributed by atoms with Crippen LogP contribution in [0.3, 0.4) is 0 Å². The lowest BCUT2D eigenvalue weighted by Gasteiger charge is -1.92. The van der Waals surface area contributed by atoms with Gasteiger partial charge in [-0.1, -0.05) is 19.4 Å². The van der Waals surface area contributed by atoms with Crippen LogP contribution in [0.1, 0.15) is 13.3 Å². The van der Waals surface area contributed by atoms with Crippen LogP contribution in [-0.4, -0.2) is 22.7 Å². The standard InChI is InChI=1S/C5H15NSi/c1-3-4-7-5-6-2/h6H,3-5,7H2,1-2H3. The minimum Gasteiger partial charge on any atom is -0.323 e. The molecule has 0 radical (unpaired) electrons. The summed E-state index contributed by atoms with van der Waals surface area (Å²) in [7, 11) is 2.33. The highest BCUT2D eigenvalue weighted by molar-refractivity contribution is 6.35. The first-order valence-electron chi connectivity index (χ1n) is 3.06. The van der Waals surface area contributed by atoms with Crippen LogP contribution in [0, 0.1) is 0 Å². The summed E-state index contributed by atoms with van der Waals surface area (Å²) in [6.45, 7) is 2.25. The molecule has 0 amide bonds. The van der Waals surface area contributed by atoms with E-state index in [4.69, 9.17) is 0 Å². The number of hydrogen-bond donors (Lipinski definition) is 1. The quantitative estimate of drug-likeness (QED) is 0.408. The Morgan fingerprint density at radius 3 is 2.71 bits per heavy atom. The molecule has 0 aliphatic heterocycles. The number of nitrogens with one attached hydrogen (secondary N) is 1. The van der Waals surface area contributed by atoms with Crippen molar-refractivity contribution in [1.82, 2.24) is 5.32 Å². The van der Waals surface area contributed by atoms with Crippen molar-refractivity contribution < 1.29 is 0 Å². The molecule has 44 valence electrons. The molecule has 0 atom stereocenters. The molecule has 0 saturated heterocycles. The van der Waals surface area contributed by atoms with E-state index in [1.54, 1.807) is 0 Å². The highest BCUT2D eigenvalue weighted by Crippen LogP contribution is 1.81. The topological polar surface area (TPSA) is 12.0 Å². The van der Waals surface area contributed by atoms with Crippen molar-refractivity contribution in [3.8, 4) is 0 Å². The Kier molecular flexibility index (Phi) is 6.33. The second-order valence-corrected chi connectivity index (χ2v) is 3.72. The van der Waals surface area contributed by atoms with Gasteiger partial charge in [0.25, 0.3) is 0 Å². The Hall–Kier alpha value is 0.177. The maximum atomic E-state index is 3.16. The third kappa shape index (κ3) is 6.18. The van der Waals surface area contributed by atoms with E-state index >= 15 is 0 Å². The molecule has 0 aliphatic rings. The van der Waals surface area contributed by atoms with Gasteiger partial charge in [-0.3, -0.25) is 0 Å². The van der Waals surface area contributed by atoms with Gasteiger partial charge in [0, 0.05) is 9.52 Å². The predicted molar refractivity (Wildman–Crippen MR) is 37.6 cm³/mol. The second kappa shape index (κ2) is 6.18. The van der Waals surface area contributed by atoms with Crippen molar-refractivity contribution >= 4 is 9.52 Å². The largest absolute Gasteiger partial charge is 0.323 e. The molecular formula is C5H15NSi. The zero-order chi connectivity index (χ0) is 5.54. The van der Waals surface area contributed by atoms with Crippen LogP contribution in [0.5, 0.6) is 0 Å². The smallest absolute Gasteiger partial charge is 0.0365 e. The minimum absolute atomic E-state index is 0.300. The SMILES string of the molecule is CCC[SiH2]CNC. The molecule has 0 saturated carbocycles. The van der Waals surface area contributed by atoms with Crippen molar-refractivity contribution in [2.45, 2.75) is 19.4 Å². The summed E-state index contributed by atoms with van der Waals surface area (Å²) in [4.78, 5) is 0. The molecule has 0 spiro atoms. The zero-order valence-corrected chi connectivity index (χ0v) is 6.74. The van der Waals surface area contributed by atoms with Gasteiger partial charge >= 0.3 is 0 Å². The summed E-state index contributed by atoms with van der Waals surface area (Å²) in [5.41, 5.74) is 0. The zero-order valence-electron chi connectivity index (χ0n) is 5.33. The van der Waals surface area contributed by atoms with Crippen LogP contribution in [0.15, 0.2) is 0 Å². The van der Waals surface area contributed by atoms with Crippen LogP contribution in [0.4, 0.5) is 0 Å². The first kappa shape index (κ1) is 7.18. The Bertz CT molecular complexity index is 27.3. The normalized spacial score (nSPS) is 11.1. The molecule has 0 bridgehead atoms. The first-order chi connectivity index (χ1) is 3.41. The summed E-state index contributed by atoms with van der Waals surface area (Å²) in [5, 5.41) is 3.16. The lowest BCUT2D eigenvalue weighted by molar-refractivity contribution is 0.950. The maximum absolute atomic E-state index is 3.16. The van der Waals surface area contributed by atoms with Crippen molar-refractivity contribution in [3.63, 3.8) is 0 Å². The molecule has 0 rings (SSSR count). The van der Waals surface area contributed by atoms with Crippen LogP contribution >= 0.6 is 0 Å². The van der Waals surface area contributed by atoms with Gasteiger partial charge in [-0.15, -0.1) is 0 Å². The van der Waals surface area contributed by atoms with Crippen molar-refractivity contribution in [3.05, 3.63) is 0 Å². The van der Waals surface area contributed by atoms with E-state index in [0.29, 0.717) is 9.52 Å². The van der Waals surface area contributed by atoms with E-state index in [-0.39, 0.29) is 0 Å². The van der Waals surface area contributed by atoms with E-state index in [2.05, 4.69) is 12.2 Å². The van der Waals surface area contributed by atoms with Crippen LogP contribution < -0.4 is 5.32 Å². The Labute approximate surface area is 48.3 Å². The van der Waals surface area contributed by atoms with E-state index in [1.807, 2.05) is 7.05 Å². The fourth-order valence-electron chi connectivity index (χ4n) is 0.552. The molecule has 0 aromatic carbocycles. The van der Waals surface area contributed by atoms with Gasteiger partial charge in [-0.2, -0.15) is 0 Å². The summed E-state index contributed by atoms with van der Waals surface area (Å²) < 4.78 is 0. The molecule has 0 unspecified atom stereocenters. The lowest BCUT2D eigenvalue weighted by atomic mass is 10.6. The highest BCUT2D eigenvalue weighted by Gasteiger charge is 1.80. The van der Waals surface area contributed by atoms with E-state index in [9.17, 15) is 0 Å². The molecule has 1 N–H and O–H groups in total. The van der Waals surface area contributed by atoms with Crippen molar-refractivity contribution in [2.24, 2.45) is 0 Å². The Morgan fingerprint density at radius 2 is 2.29 bits per heavy atom. The minimum atomic E-state index is 0.300. The summed E-state index contributed by atoms with van der Waals surface area (Å²) in [6, 6.07) is 1.50. The number of hydrogen-bond acceptors (Lipinski definition) is 1. The van der Waals surface area contributed by atoms with Crippen LogP contribution in [0.25, 0.3) is 0 Å². The van der Waals surface area contributed by atoms with Gasteiger partial charge in [0.1, 0.15) is 0 Å². The van der Waals surface area contributed by atoms with Crippen molar-refractivity contribution in [2.75, 3.05) is 13.2 Å². The molecular weight excluding hydrogens is 102 g/mol. The van der Waals surface area contributed by atoms with Gasteiger partial charge < -0.3 is 5.32 Å². The Balaban J connectivity index is 2.45. The van der Waals surface area contributed by atoms with Gasteiger partial charge in [0.15, 0.2) is 0 Å². The van der Waals surface area contributed by atoms with Gasteiger partial charge in [-0.25, -0.2) is 0 Å². The third-order valence-corrected chi connectivity index (χ3v) is 3.09. The Morgan fingerprint density at radius 1 is 1.57 bits per heavy atom. The summed E-state index contributed by atoms with van der Waals surface area (Å²) in [6.07, 6.45) is 2.70. The van der Waals surface area contributed by atoms with Gasteiger partial charge in [0.05, 0.1) is 0 Å². The average molecular weight is 117 g/mol. The molecule has 1 nitrogen and oxygen atoms in total. The maximum Gasteiger partial charge on any atom is 0.0365 e. The fraction of sp³-hybridized carbons (Fsp3) is 1.00. The van der Waals surface area contributed by atoms with Crippen LogP contribution in [0.2, 0.25) is 6.04 Å². The highest BCUT2D eigenvalue weighted by atomic mass is 28.2. The monoisotopic (exact) mass is 117 g/mol. The molecule has 0 fully saturated rings. The van der Waals surface area contributed by atoms with Crippen molar-refractivity contribution in [1.29, 1.82) is 0 Å². The number of rotatable bonds is 4. The van der Waals surface area contributed by atoms with Gasteiger partial charge in [0.2, 0.25) is 0 Å². The molecule has 0 aromatic rings. The molecule has 2 heteroatoms. The van der Waals surface area contributed by atoms with E-state index in [0.717, 1.165) is 0 Å². The van der Waals surface area contributed by atoms with Gasteiger partial charge in [-0.05, 0) is 13.2 Å². The lowest BCUT2D eigenvalue weighted by Crippen LogP contribution is -2.14.